The van der Waals surface area contributed by atoms with Gasteiger partial charge in [-0.05, 0) is 49.7 Å². The Kier molecular flexibility index (Phi) is 8.61. The van der Waals surface area contributed by atoms with E-state index in [1.54, 1.807) is 35.4 Å². The van der Waals surface area contributed by atoms with Crippen LogP contribution in [0.5, 0.6) is 0 Å². The maximum atomic E-state index is 12.7. The second-order valence-corrected chi connectivity index (χ2v) is 8.03. The largest absolute Gasteiger partial charge is 0.454 e. The van der Waals surface area contributed by atoms with Crippen molar-refractivity contribution in [2.24, 2.45) is 0 Å². The molecular weight excluding hydrogens is 448 g/mol. The number of carbonyl (C=O) groups excluding carboxylic acids is 4. The molecule has 1 aromatic heterocycles. The number of anilines is 1. The Balaban J connectivity index is 1.57. The highest BCUT2D eigenvalue weighted by atomic mass is 16.5. The molecule has 1 heterocycles. The van der Waals surface area contributed by atoms with Crippen molar-refractivity contribution in [1.29, 1.82) is 0 Å². The summed E-state index contributed by atoms with van der Waals surface area (Å²) in [5, 5.41) is 6.17. The fourth-order valence-electron chi connectivity index (χ4n) is 3.78. The van der Waals surface area contributed by atoms with E-state index in [1.807, 2.05) is 38.1 Å². The molecule has 9 heteroatoms. The Hall–Kier alpha value is -4.14. The number of H-pyrrole nitrogens is 1. The van der Waals surface area contributed by atoms with E-state index in [1.165, 1.54) is 6.92 Å². The van der Waals surface area contributed by atoms with Crippen LogP contribution in [-0.2, 0) is 25.5 Å². The molecule has 2 aromatic carbocycles. The summed E-state index contributed by atoms with van der Waals surface area (Å²) in [6, 6.07) is 13.2. The number of esters is 1. The first kappa shape index (κ1) is 25.5. The molecule has 1 atom stereocenters. The summed E-state index contributed by atoms with van der Waals surface area (Å²) < 4.78 is 5.19. The van der Waals surface area contributed by atoms with Crippen molar-refractivity contribution in [2.75, 3.05) is 25.0 Å². The summed E-state index contributed by atoms with van der Waals surface area (Å²) in [5.41, 5.74) is 2.76. The number of hydrogen-bond donors (Lipinski definition) is 3. The average Bonchev–Trinajstić information content (AvgIpc) is 3.26. The molecule has 0 bridgehead atoms. The second kappa shape index (κ2) is 11.8. The minimum absolute atomic E-state index is 0.0824. The number of nitrogens with one attached hydrogen (secondary N) is 3. The molecule has 0 aliphatic rings. The Morgan fingerprint density at radius 3 is 2.34 bits per heavy atom. The van der Waals surface area contributed by atoms with Gasteiger partial charge in [-0.3, -0.25) is 14.4 Å². The lowest BCUT2D eigenvalue weighted by Crippen LogP contribution is -2.43. The maximum absolute atomic E-state index is 12.7. The summed E-state index contributed by atoms with van der Waals surface area (Å²) >= 11 is 0. The number of para-hydroxylation sites is 1. The first-order valence-electron chi connectivity index (χ1n) is 11.5. The highest BCUT2D eigenvalue weighted by Gasteiger charge is 2.24. The first-order chi connectivity index (χ1) is 16.8. The third-order valence-electron chi connectivity index (χ3n) is 5.57. The number of fused-ring (bicyclic) bond motifs is 1. The van der Waals surface area contributed by atoms with Gasteiger partial charge in [-0.15, -0.1) is 0 Å². The SMILES string of the molecule is CCN(CC)C(=O)c1ccc(NC(=O)COC(=O)C(Cc2c[nH]c3ccccc23)NC(C)=O)cc1. The molecule has 3 amide bonds. The van der Waals surface area contributed by atoms with Crippen LogP contribution in [0.1, 0.15) is 36.7 Å². The van der Waals surface area contributed by atoms with E-state index in [9.17, 15) is 19.2 Å². The first-order valence-corrected chi connectivity index (χ1v) is 11.5. The molecule has 0 aliphatic heterocycles. The van der Waals surface area contributed by atoms with Crippen molar-refractivity contribution in [2.45, 2.75) is 33.2 Å². The van der Waals surface area contributed by atoms with Crippen LogP contribution in [0, 0.1) is 0 Å². The number of aromatic nitrogens is 1. The van der Waals surface area contributed by atoms with E-state index in [4.69, 9.17) is 4.74 Å². The molecule has 0 aliphatic carbocycles. The summed E-state index contributed by atoms with van der Waals surface area (Å²) in [7, 11) is 0. The molecule has 3 aromatic rings. The fraction of sp³-hybridized carbons (Fsp3) is 0.308. The molecule has 3 N–H and O–H groups in total. The Morgan fingerprint density at radius 1 is 1.00 bits per heavy atom. The van der Waals surface area contributed by atoms with Crippen molar-refractivity contribution in [3.8, 4) is 0 Å². The number of aromatic amines is 1. The van der Waals surface area contributed by atoms with Crippen LogP contribution in [-0.4, -0.2) is 59.3 Å². The zero-order chi connectivity index (χ0) is 25.4. The van der Waals surface area contributed by atoms with Gasteiger partial charge in [0, 0.05) is 54.8 Å². The van der Waals surface area contributed by atoms with Crippen LogP contribution < -0.4 is 10.6 Å². The molecule has 184 valence electrons. The Morgan fingerprint density at radius 2 is 1.69 bits per heavy atom. The molecule has 0 spiro atoms. The van der Waals surface area contributed by atoms with Gasteiger partial charge in [-0.25, -0.2) is 4.79 Å². The lowest BCUT2D eigenvalue weighted by atomic mass is 10.0. The third kappa shape index (κ3) is 6.69. The minimum atomic E-state index is -0.940. The standard InChI is InChI=1S/C26H30N4O5/c1-4-30(5-2)25(33)18-10-12-20(13-11-18)29-24(32)16-35-26(34)23(28-17(3)31)14-19-15-27-22-9-7-6-8-21(19)22/h6-13,15,23,27H,4-5,14,16H2,1-3H3,(H,28,31)(H,29,32). The van der Waals surface area contributed by atoms with E-state index in [2.05, 4.69) is 15.6 Å². The van der Waals surface area contributed by atoms with Crippen molar-refractivity contribution in [3.63, 3.8) is 0 Å². The number of carbonyl (C=O) groups is 4. The zero-order valence-electron chi connectivity index (χ0n) is 20.1. The van der Waals surface area contributed by atoms with E-state index >= 15 is 0 Å². The Bertz CT molecular complexity index is 1200. The highest BCUT2D eigenvalue weighted by molar-refractivity contribution is 5.96. The molecular formula is C26H30N4O5. The summed E-state index contributed by atoms with van der Waals surface area (Å²) in [5.74, 6) is -1.70. The van der Waals surface area contributed by atoms with Crippen LogP contribution in [0.3, 0.4) is 0 Å². The van der Waals surface area contributed by atoms with Gasteiger partial charge < -0.3 is 25.3 Å². The van der Waals surface area contributed by atoms with Crippen LogP contribution in [0.25, 0.3) is 10.9 Å². The van der Waals surface area contributed by atoms with Crippen LogP contribution in [0.4, 0.5) is 5.69 Å². The molecule has 35 heavy (non-hydrogen) atoms. The van der Waals surface area contributed by atoms with Crippen molar-refractivity contribution < 1.29 is 23.9 Å². The van der Waals surface area contributed by atoms with Crippen LogP contribution in [0.2, 0.25) is 0 Å². The smallest absolute Gasteiger partial charge is 0.329 e. The predicted molar refractivity (Wildman–Crippen MR) is 133 cm³/mol. The highest BCUT2D eigenvalue weighted by Crippen LogP contribution is 2.19. The van der Waals surface area contributed by atoms with Crippen LogP contribution >= 0.6 is 0 Å². The number of ether oxygens (including phenoxy) is 1. The van der Waals surface area contributed by atoms with Gasteiger partial charge >= 0.3 is 5.97 Å². The number of amides is 3. The molecule has 1 unspecified atom stereocenters. The van der Waals surface area contributed by atoms with Crippen molar-refractivity contribution >= 4 is 40.3 Å². The Labute approximate surface area is 203 Å². The molecule has 0 saturated heterocycles. The monoisotopic (exact) mass is 478 g/mol. The van der Waals surface area contributed by atoms with Gasteiger partial charge in [0.15, 0.2) is 6.61 Å². The lowest BCUT2D eigenvalue weighted by molar-refractivity contribution is -0.150. The van der Waals surface area contributed by atoms with E-state index < -0.39 is 24.5 Å². The number of benzene rings is 2. The second-order valence-electron chi connectivity index (χ2n) is 8.03. The zero-order valence-corrected chi connectivity index (χ0v) is 20.1. The molecule has 0 radical (unpaired) electrons. The van der Waals surface area contributed by atoms with Crippen molar-refractivity contribution in [3.05, 3.63) is 65.9 Å². The molecule has 0 fully saturated rings. The number of nitrogens with zero attached hydrogens (tertiary/aromatic N) is 1. The maximum Gasteiger partial charge on any atom is 0.329 e. The lowest BCUT2D eigenvalue weighted by Gasteiger charge is -2.18. The van der Waals surface area contributed by atoms with Crippen molar-refractivity contribution in [1.82, 2.24) is 15.2 Å². The average molecular weight is 479 g/mol. The van der Waals surface area contributed by atoms with E-state index in [0.29, 0.717) is 24.3 Å². The third-order valence-corrected chi connectivity index (χ3v) is 5.57. The van der Waals surface area contributed by atoms with Gasteiger partial charge in [0.1, 0.15) is 6.04 Å². The molecule has 0 saturated carbocycles. The topological polar surface area (TPSA) is 121 Å². The number of rotatable bonds is 10. The fourth-order valence-corrected chi connectivity index (χ4v) is 3.78. The number of hydrogen-bond acceptors (Lipinski definition) is 5. The van der Waals surface area contributed by atoms with Gasteiger partial charge in [-0.1, -0.05) is 18.2 Å². The van der Waals surface area contributed by atoms with E-state index in [0.717, 1.165) is 16.5 Å². The van der Waals surface area contributed by atoms with Gasteiger partial charge in [0.05, 0.1) is 0 Å². The minimum Gasteiger partial charge on any atom is -0.454 e. The predicted octanol–water partition coefficient (Wildman–Crippen LogP) is 2.88. The van der Waals surface area contributed by atoms with E-state index in [-0.39, 0.29) is 18.2 Å². The summed E-state index contributed by atoms with van der Waals surface area (Å²) in [6.45, 7) is 5.85. The van der Waals surface area contributed by atoms with Gasteiger partial charge in [0.2, 0.25) is 5.91 Å². The van der Waals surface area contributed by atoms with Gasteiger partial charge in [-0.2, -0.15) is 0 Å². The van der Waals surface area contributed by atoms with Crippen LogP contribution in [0.15, 0.2) is 54.7 Å². The summed E-state index contributed by atoms with van der Waals surface area (Å²) in [6.07, 6.45) is 2.00. The van der Waals surface area contributed by atoms with Gasteiger partial charge in [0.25, 0.3) is 11.8 Å². The quantitative estimate of drug-likeness (QED) is 0.387. The summed E-state index contributed by atoms with van der Waals surface area (Å²) in [4.78, 5) is 53.9. The normalized spacial score (nSPS) is 11.5. The molecule has 9 nitrogen and oxygen atoms in total. The molecule has 3 rings (SSSR count).